The van der Waals surface area contributed by atoms with Crippen molar-refractivity contribution in [2.75, 3.05) is 7.11 Å². The minimum atomic E-state index is -0.323. The first-order valence-electron chi connectivity index (χ1n) is 4.11. The number of ether oxygens (including phenoxy) is 1. The molecule has 0 fully saturated rings. The molecule has 0 unspecified atom stereocenters. The molecule has 0 saturated heterocycles. The van der Waals surface area contributed by atoms with Crippen LogP contribution in [0.5, 0.6) is 5.75 Å². The second kappa shape index (κ2) is 3.55. The molecule has 0 amide bonds. The van der Waals surface area contributed by atoms with E-state index in [1.807, 2.05) is 0 Å². The van der Waals surface area contributed by atoms with Crippen molar-refractivity contribution in [3.63, 3.8) is 0 Å². The topological polar surface area (TPSA) is 29.5 Å². The molecule has 0 bridgehead atoms. The quantitative estimate of drug-likeness (QED) is 0.829. The maximum Gasteiger partial charge on any atom is 0.139 e. The maximum absolute atomic E-state index is 13.1. The van der Waals surface area contributed by atoms with Gasteiger partial charge >= 0.3 is 0 Å². The smallest absolute Gasteiger partial charge is 0.139 e. The van der Waals surface area contributed by atoms with Gasteiger partial charge < -0.3 is 9.84 Å². The van der Waals surface area contributed by atoms with Gasteiger partial charge in [-0.1, -0.05) is 0 Å². The number of aliphatic hydroxyl groups is 1. The van der Waals surface area contributed by atoms with Gasteiger partial charge in [0.1, 0.15) is 11.6 Å². The van der Waals surface area contributed by atoms with Gasteiger partial charge in [0.2, 0.25) is 0 Å². The Labute approximate surface area is 84.6 Å². The van der Waals surface area contributed by atoms with Crippen LogP contribution in [0.25, 0.3) is 10.1 Å². The van der Waals surface area contributed by atoms with Gasteiger partial charge in [0.15, 0.2) is 0 Å². The number of hydrogen-bond acceptors (Lipinski definition) is 3. The van der Waals surface area contributed by atoms with Crippen molar-refractivity contribution >= 4 is 21.4 Å². The summed E-state index contributed by atoms with van der Waals surface area (Å²) >= 11 is 1.42. The van der Waals surface area contributed by atoms with Crippen LogP contribution >= 0.6 is 11.3 Å². The molecular formula is C10H9FO2S. The molecule has 1 heterocycles. The molecule has 2 rings (SSSR count). The highest BCUT2D eigenvalue weighted by molar-refractivity contribution is 7.19. The lowest BCUT2D eigenvalue weighted by Gasteiger charge is -2.00. The van der Waals surface area contributed by atoms with Gasteiger partial charge in [0.05, 0.1) is 18.4 Å². The minimum absolute atomic E-state index is 0.0237. The summed E-state index contributed by atoms with van der Waals surface area (Å²) < 4.78 is 19.0. The van der Waals surface area contributed by atoms with Crippen molar-refractivity contribution in [2.24, 2.45) is 0 Å². The van der Waals surface area contributed by atoms with E-state index in [2.05, 4.69) is 0 Å². The molecule has 1 N–H and O–H groups in total. The Morgan fingerprint density at radius 3 is 2.86 bits per heavy atom. The maximum atomic E-state index is 13.1. The molecule has 0 saturated carbocycles. The third-order valence-electron chi connectivity index (χ3n) is 1.97. The van der Waals surface area contributed by atoms with Crippen LogP contribution in [-0.2, 0) is 6.61 Å². The van der Waals surface area contributed by atoms with Crippen molar-refractivity contribution in [3.05, 3.63) is 28.9 Å². The fourth-order valence-electron chi connectivity index (χ4n) is 1.37. The second-order valence-corrected chi connectivity index (χ2v) is 4.03. The lowest BCUT2D eigenvalue weighted by atomic mass is 10.2. The fraction of sp³-hybridized carbons (Fsp3) is 0.200. The fourth-order valence-corrected chi connectivity index (χ4v) is 2.36. The van der Waals surface area contributed by atoms with Gasteiger partial charge in [-0.15, -0.1) is 11.3 Å². The summed E-state index contributed by atoms with van der Waals surface area (Å²) in [6.07, 6.45) is 0. The van der Waals surface area contributed by atoms with E-state index >= 15 is 0 Å². The second-order valence-electron chi connectivity index (χ2n) is 2.90. The number of halogens is 1. The zero-order valence-electron chi connectivity index (χ0n) is 7.58. The van der Waals surface area contributed by atoms with Crippen LogP contribution in [0, 0.1) is 5.82 Å². The van der Waals surface area contributed by atoms with E-state index in [1.165, 1.54) is 30.6 Å². The first-order chi connectivity index (χ1) is 6.74. The first-order valence-corrected chi connectivity index (χ1v) is 4.93. The third kappa shape index (κ3) is 1.47. The van der Waals surface area contributed by atoms with E-state index < -0.39 is 0 Å². The van der Waals surface area contributed by atoms with Gasteiger partial charge in [0.25, 0.3) is 0 Å². The Kier molecular flexibility index (Phi) is 2.39. The standard InChI is InChI=1S/C10H9FO2S/c1-13-9-4-7(11)2-6-3-8(5-12)14-10(6)9/h2-4,12H,5H2,1H3. The van der Waals surface area contributed by atoms with Gasteiger partial charge in [-0.3, -0.25) is 0 Å². The Balaban J connectivity index is 2.71. The van der Waals surface area contributed by atoms with Crippen molar-refractivity contribution in [2.45, 2.75) is 6.61 Å². The van der Waals surface area contributed by atoms with Crippen molar-refractivity contribution in [1.29, 1.82) is 0 Å². The van der Waals surface area contributed by atoms with Gasteiger partial charge in [-0.05, 0) is 17.5 Å². The molecule has 0 atom stereocenters. The predicted molar refractivity (Wildman–Crippen MR) is 54.3 cm³/mol. The van der Waals surface area contributed by atoms with Crippen molar-refractivity contribution in [3.8, 4) is 5.75 Å². The number of methoxy groups -OCH3 is 1. The highest BCUT2D eigenvalue weighted by Crippen LogP contribution is 2.34. The predicted octanol–water partition coefficient (Wildman–Crippen LogP) is 2.54. The summed E-state index contributed by atoms with van der Waals surface area (Å²) in [6.45, 7) is -0.0237. The average Bonchev–Trinajstić information content (AvgIpc) is 2.59. The summed E-state index contributed by atoms with van der Waals surface area (Å²) in [7, 11) is 1.51. The van der Waals surface area contributed by atoms with Crippen molar-refractivity contribution in [1.82, 2.24) is 0 Å². The molecule has 14 heavy (non-hydrogen) atoms. The SMILES string of the molecule is COc1cc(F)cc2cc(CO)sc12. The molecule has 0 spiro atoms. The number of rotatable bonds is 2. The largest absolute Gasteiger partial charge is 0.495 e. The minimum Gasteiger partial charge on any atom is -0.495 e. The van der Waals surface area contributed by atoms with Crippen LogP contribution in [0.3, 0.4) is 0 Å². The molecule has 74 valence electrons. The van der Waals surface area contributed by atoms with Gasteiger partial charge in [-0.2, -0.15) is 0 Å². The molecule has 0 aliphatic heterocycles. The van der Waals surface area contributed by atoms with Crippen LogP contribution in [0.1, 0.15) is 4.88 Å². The highest BCUT2D eigenvalue weighted by Gasteiger charge is 2.08. The summed E-state index contributed by atoms with van der Waals surface area (Å²) in [6, 6.07) is 4.55. The van der Waals surface area contributed by atoms with E-state index in [0.29, 0.717) is 5.75 Å². The zero-order valence-corrected chi connectivity index (χ0v) is 8.40. The molecule has 4 heteroatoms. The van der Waals surface area contributed by atoms with Crippen LogP contribution in [0.4, 0.5) is 4.39 Å². The Bertz CT molecular complexity index is 464. The zero-order chi connectivity index (χ0) is 10.1. The van der Waals surface area contributed by atoms with Crippen LogP contribution in [0.2, 0.25) is 0 Å². The van der Waals surface area contributed by atoms with Gasteiger partial charge in [-0.25, -0.2) is 4.39 Å². The molecule has 0 radical (unpaired) electrons. The number of fused-ring (bicyclic) bond motifs is 1. The summed E-state index contributed by atoms with van der Waals surface area (Å²) in [5.74, 6) is 0.196. The summed E-state index contributed by atoms with van der Waals surface area (Å²) in [5, 5.41) is 9.72. The van der Waals surface area contributed by atoms with Crippen LogP contribution in [0.15, 0.2) is 18.2 Å². The monoisotopic (exact) mass is 212 g/mol. The number of hydrogen-bond donors (Lipinski definition) is 1. The lowest BCUT2D eigenvalue weighted by Crippen LogP contribution is -1.83. The number of benzene rings is 1. The van der Waals surface area contributed by atoms with Crippen LogP contribution < -0.4 is 4.74 Å². The molecular weight excluding hydrogens is 203 g/mol. The molecule has 2 aromatic rings. The van der Waals surface area contributed by atoms with E-state index in [0.717, 1.165) is 15.0 Å². The van der Waals surface area contributed by atoms with E-state index in [1.54, 1.807) is 6.07 Å². The average molecular weight is 212 g/mol. The Morgan fingerprint density at radius 1 is 1.43 bits per heavy atom. The van der Waals surface area contributed by atoms with Crippen LogP contribution in [-0.4, -0.2) is 12.2 Å². The lowest BCUT2D eigenvalue weighted by molar-refractivity contribution is 0.285. The van der Waals surface area contributed by atoms with E-state index in [-0.39, 0.29) is 12.4 Å². The molecule has 0 aliphatic carbocycles. The molecule has 1 aromatic heterocycles. The van der Waals surface area contributed by atoms with Gasteiger partial charge in [0, 0.05) is 10.9 Å². The highest BCUT2D eigenvalue weighted by atomic mass is 32.1. The Hall–Kier alpha value is -1.13. The molecule has 0 aliphatic rings. The normalized spacial score (nSPS) is 10.8. The van der Waals surface area contributed by atoms with Crippen molar-refractivity contribution < 1.29 is 14.2 Å². The number of aliphatic hydroxyl groups excluding tert-OH is 1. The van der Waals surface area contributed by atoms with E-state index in [9.17, 15) is 4.39 Å². The number of thiophene rings is 1. The summed E-state index contributed by atoms with van der Waals surface area (Å²) in [5.41, 5.74) is 0. The molecule has 1 aromatic carbocycles. The Morgan fingerprint density at radius 2 is 2.21 bits per heavy atom. The summed E-state index contributed by atoms with van der Waals surface area (Å²) in [4.78, 5) is 0.809. The molecule has 2 nitrogen and oxygen atoms in total. The van der Waals surface area contributed by atoms with E-state index in [4.69, 9.17) is 9.84 Å². The first kappa shape index (κ1) is 9.43. The third-order valence-corrected chi connectivity index (χ3v) is 3.12.